The highest BCUT2D eigenvalue weighted by molar-refractivity contribution is 7.99. The number of rotatable bonds is 13. The highest BCUT2D eigenvalue weighted by Crippen LogP contribution is 2.20. The number of carbonyl (C=O) groups excluding carboxylic acids is 1. The molecule has 1 heterocycles. The molecule has 0 radical (unpaired) electrons. The molecule has 0 saturated heterocycles. The van der Waals surface area contributed by atoms with Gasteiger partial charge in [-0.05, 0) is 53.1 Å². The molecule has 41 heavy (non-hydrogen) atoms. The van der Waals surface area contributed by atoms with Gasteiger partial charge in [0.1, 0.15) is 0 Å². The third-order valence-corrected chi connectivity index (χ3v) is 9.21. The van der Waals surface area contributed by atoms with Crippen molar-refractivity contribution in [3.8, 4) is 0 Å². The molecule has 3 aromatic carbocycles. The average Bonchev–Trinajstić information content (AvgIpc) is 3.50. The minimum absolute atomic E-state index is 0.0860. The standard InChI is InChI=1S/C26H24N6O6S3/c27-30-31-41(36,37)24-12-8-21(9-13-24)19-32(16-17-39-22-4-2-1-3-5-22)18-20-6-10-23(11-7-20)40(34,35)29-26(33)25-14-15-28-38-25/h1-15H,16-19H2,(H,29,33). The summed E-state index contributed by atoms with van der Waals surface area (Å²) in [5, 5.41) is 3.40. The average molecular weight is 613 g/mol. The van der Waals surface area contributed by atoms with Gasteiger partial charge in [0, 0.05) is 45.8 Å². The zero-order chi connectivity index (χ0) is 29.3. The van der Waals surface area contributed by atoms with Crippen molar-refractivity contribution in [3.63, 3.8) is 0 Å². The van der Waals surface area contributed by atoms with Crippen LogP contribution in [-0.4, -0.2) is 45.1 Å². The molecule has 0 bridgehead atoms. The molecule has 0 aliphatic heterocycles. The van der Waals surface area contributed by atoms with Gasteiger partial charge in [-0.15, -0.1) is 11.8 Å². The number of nitrogens with zero attached hydrogens (tertiary/aromatic N) is 5. The van der Waals surface area contributed by atoms with Crippen molar-refractivity contribution in [2.45, 2.75) is 27.8 Å². The molecule has 0 saturated carbocycles. The van der Waals surface area contributed by atoms with Crippen molar-refractivity contribution < 1.29 is 26.2 Å². The van der Waals surface area contributed by atoms with Crippen LogP contribution in [0.25, 0.3) is 10.4 Å². The van der Waals surface area contributed by atoms with Crippen LogP contribution < -0.4 is 4.72 Å². The monoisotopic (exact) mass is 612 g/mol. The van der Waals surface area contributed by atoms with Crippen LogP contribution in [0.3, 0.4) is 0 Å². The zero-order valence-corrected chi connectivity index (χ0v) is 23.8. The van der Waals surface area contributed by atoms with Gasteiger partial charge in [-0.1, -0.05) is 47.6 Å². The van der Waals surface area contributed by atoms with Crippen LogP contribution >= 0.6 is 11.8 Å². The molecule has 0 spiro atoms. The Morgan fingerprint density at radius 3 is 2.07 bits per heavy atom. The highest BCUT2D eigenvalue weighted by Gasteiger charge is 2.21. The van der Waals surface area contributed by atoms with Crippen molar-refractivity contribution in [1.82, 2.24) is 14.8 Å². The Hall–Kier alpha value is -4.14. The minimum atomic E-state index is -4.13. The third kappa shape index (κ3) is 8.42. The van der Waals surface area contributed by atoms with Gasteiger partial charge < -0.3 is 4.52 Å². The molecule has 0 aliphatic carbocycles. The van der Waals surface area contributed by atoms with Crippen molar-refractivity contribution in [2.24, 2.45) is 4.52 Å². The molecule has 4 aromatic rings. The number of azide groups is 1. The van der Waals surface area contributed by atoms with Crippen LogP contribution in [0, 0.1) is 0 Å². The van der Waals surface area contributed by atoms with Crippen LogP contribution in [0.5, 0.6) is 0 Å². The van der Waals surface area contributed by atoms with E-state index >= 15 is 0 Å². The van der Waals surface area contributed by atoms with E-state index in [1.807, 2.05) is 35.1 Å². The number of benzene rings is 3. The number of thioether (sulfide) groups is 1. The third-order valence-electron chi connectivity index (χ3n) is 5.72. The topological polar surface area (TPSA) is 175 Å². The van der Waals surface area contributed by atoms with Crippen molar-refractivity contribution in [1.29, 1.82) is 0 Å². The molecule has 1 amide bonds. The first-order valence-electron chi connectivity index (χ1n) is 12.0. The predicted octanol–water partition coefficient (Wildman–Crippen LogP) is 4.59. The second-order valence-corrected chi connectivity index (χ2v) is 13.1. The molecule has 0 fully saturated rings. The molecule has 15 heteroatoms. The van der Waals surface area contributed by atoms with Crippen molar-refractivity contribution >= 4 is 37.7 Å². The Morgan fingerprint density at radius 2 is 1.51 bits per heavy atom. The van der Waals surface area contributed by atoms with Crippen molar-refractivity contribution in [2.75, 3.05) is 12.3 Å². The lowest BCUT2D eigenvalue weighted by atomic mass is 10.1. The van der Waals surface area contributed by atoms with Crippen molar-refractivity contribution in [3.05, 3.63) is 118 Å². The Labute approximate surface area is 241 Å². The van der Waals surface area contributed by atoms with Gasteiger partial charge in [0.15, 0.2) is 0 Å². The number of hydrogen-bond acceptors (Lipinski definition) is 9. The molecular formula is C26H24N6O6S3. The second kappa shape index (κ2) is 13.5. The van der Waals surface area contributed by atoms with Gasteiger partial charge in [-0.25, -0.2) is 21.6 Å². The summed E-state index contributed by atoms with van der Waals surface area (Å²) in [4.78, 5) is 17.6. The summed E-state index contributed by atoms with van der Waals surface area (Å²) in [7, 11) is -8.21. The Bertz CT molecular complexity index is 1720. The van der Waals surface area contributed by atoms with Gasteiger partial charge in [0.25, 0.3) is 20.0 Å². The first kappa shape index (κ1) is 29.8. The normalized spacial score (nSPS) is 11.6. The summed E-state index contributed by atoms with van der Waals surface area (Å²) in [6.07, 6.45) is 1.24. The SMILES string of the molecule is [N-]=[N+]=NS(=O)(=O)c1ccc(CN(CCSc2ccccc2)Cc2ccc(S(=O)(=O)NC(=O)c3ccno3)cc2)cc1. The second-order valence-electron chi connectivity index (χ2n) is 8.62. The largest absolute Gasteiger partial charge is 0.351 e. The van der Waals surface area contributed by atoms with Gasteiger partial charge in [0.2, 0.25) is 5.76 Å². The first-order valence-corrected chi connectivity index (χ1v) is 15.9. The number of sulfonamides is 2. The number of amides is 1. The number of carbonyl (C=O) groups is 1. The van der Waals surface area contributed by atoms with E-state index < -0.39 is 26.0 Å². The summed E-state index contributed by atoms with van der Waals surface area (Å²) in [5.41, 5.74) is 10.2. The molecule has 1 aromatic heterocycles. The molecular weight excluding hydrogens is 589 g/mol. The summed E-state index contributed by atoms with van der Waals surface area (Å²) in [6, 6.07) is 23.5. The van der Waals surface area contributed by atoms with Gasteiger partial charge in [0.05, 0.1) is 16.0 Å². The van der Waals surface area contributed by atoms with E-state index in [1.165, 1.54) is 36.5 Å². The maximum atomic E-state index is 12.7. The summed E-state index contributed by atoms with van der Waals surface area (Å²) in [6.45, 7) is 1.62. The van der Waals surface area contributed by atoms with E-state index in [4.69, 9.17) is 10.1 Å². The predicted molar refractivity (Wildman–Crippen MR) is 152 cm³/mol. The minimum Gasteiger partial charge on any atom is -0.351 e. The Kier molecular flexibility index (Phi) is 9.81. The van der Waals surface area contributed by atoms with Crippen LogP contribution in [-0.2, 0) is 33.1 Å². The van der Waals surface area contributed by atoms with Gasteiger partial charge in [-0.3, -0.25) is 9.69 Å². The molecule has 4 rings (SSSR count). The molecule has 212 valence electrons. The maximum absolute atomic E-state index is 12.7. The fraction of sp³-hybridized carbons (Fsp3) is 0.154. The van der Waals surface area contributed by atoms with Crippen LogP contribution in [0.15, 0.2) is 115 Å². The van der Waals surface area contributed by atoms with Crippen LogP contribution in [0.1, 0.15) is 21.7 Å². The molecule has 12 nitrogen and oxygen atoms in total. The quantitative estimate of drug-likeness (QED) is 0.0979. The Balaban J connectivity index is 1.47. The smallest absolute Gasteiger partial charge is 0.303 e. The van der Waals surface area contributed by atoms with Crippen LogP contribution in [0.2, 0.25) is 0 Å². The molecule has 1 N–H and O–H groups in total. The summed E-state index contributed by atoms with van der Waals surface area (Å²) >= 11 is 1.69. The fourth-order valence-electron chi connectivity index (χ4n) is 3.74. The lowest BCUT2D eigenvalue weighted by Gasteiger charge is -2.23. The van der Waals surface area contributed by atoms with E-state index in [-0.39, 0.29) is 15.6 Å². The van der Waals surface area contributed by atoms with E-state index in [9.17, 15) is 21.6 Å². The van der Waals surface area contributed by atoms with E-state index in [0.29, 0.717) is 19.6 Å². The maximum Gasteiger partial charge on any atom is 0.303 e. The molecule has 0 atom stereocenters. The lowest BCUT2D eigenvalue weighted by Crippen LogP contribution is -2.30. The molecule has 0 aliphatic rings. The van der Waals surface area contributed by atoms with Crippen LogP contribution in [0.4, 0.5) is 0 Å². The summed E-state index contributed by atoms with van der Waals surface area (Å²) < 4.78 is 58.8. The van der Waals surface area contributed by atoms with Gasteiger partial charge >= 0.3 is 5.91 Å². The lowest BCUT2D eigenvalue weighted by molar-refractivity contribution is 0.0945. The van der Waals surface area contributed by atoms with Gasteiger partial charge in [-0.2, -0.15) is 0 Å². The van der Waals surface area contributed by atoms with E-state index in [1.54, 1.807) is 36.0 Å². The number of nitrogens with one attached hydrogen (secondary N) is 1. The fourth-order valence-corrected chi connectivity index (χ4v) is 6.30. The first-order chi connectivity index (χ1) is 19.7. The molecule has 0 unspecified atom stereocenters. The number of aromatic nitrogens is 1. The Morgan fingerprint density at radius 1 is 0.902 bits per heavy atom. The van der Waals surface area contributed by atoms with E-state index in [0.717, 1.165) is 21.8 Å². The highest BCUT2D eigenvalue weighted by atomic mass is 32.2. The number of hydrogen-bond donors (Lipinski definition) is 1. The zero-order valence-electron chi connectivity index (χ0n) is 21.4. The summed E-state index contributed by atoms with van der Waals surface area (Å²) in [5.74, 6) is -0.377. The van der Waals surface area contributed by atoms with E-state index in [2.05, 4.69) is 19.5 Å².